The summed E-state index contributed by atoms with van der Waals surface area (Å²) < 4.78 is 1.35. The lowest BCUT2D eigenvalue weighted by Gasteiger charge is -2.17. The molecule has 7 nitrogen and oxygen atoms in total. The fourth-order valence-corrected chi connectivity index (χ4v) is 4.27. The Bertz CT molecular complexity index is 1290. The average molecular weight is 478 g/mol. The Labute approximate surface area is 199 Å². The minimum Gasteiger partial charge on any atom is -0.335 e. The van der Waals surface area contributed by atoms with E-state index in [1.807, 2.05) is 30.3 Å². The molecule has 33 heavy (non-hydrogen) atoms. The molecule has 4 aromatic rings. The van der Waals surface area contributed by atoms with E-state index < -0.39 is 5.25 Å². The number of aromatic nitrogens is 3. The summed E-state index contributed by atoms with van der Waals surface area (Å²) in [5.74, 6) is 6.38. The summed E-state index contributed by atoms with van der Waals surface area (Å²) >= 11 is 7.15. The first-order valence-electron chi connectivity index (χ1n) is 10.0. The van der Waals surface area contributed by atoms with Gasteiger partial charge in [-0.3, -0.25) is 9.59 Å². The molecule has 3 N–H and O–H groups in total. The van der Waals surface area contributed by atoms with Gasteiger partial charge in [0.15, 0.2) is 11.6 Å². The number of nitrogens with zero attached hydrogens (tertiary/aromatic N) is 3. The molecule has 0 unspecified atom stereocenters. The van der Waals surface area contributed by atoms with Gasteiger partial charge in [0.1, 0.15) is 5.25 Å². The highest BCUT2D eigenvalue weighted by molar-refractivity contribution is 8.00. The number of carbonyl (C=O) groups is 2. The number of Topliss-reactive ketones (excluding diaryl/α,β-unsaturated/α-hetero) is 1. The van der Waals surface area contributed by atoms with Gasteiger partial charge < -0.3 is 11.2 Å². The van der Waals surface area contributed by atoms with Gasteiger partial charge in [0.25, 0.3) is 0 Å². The molecular weight excluding hydrogens is 458 g/mol. The maximum atomic E-state index is 13.3. The number of rotatable bonds is 7. The lowest BCUT2D eigenvalue weighted by atomic mass is 10.1. The molecule has 0 saturated heterocycles. The van der Waals surface area contributed by atoms with E-state index in [0.717, 1.165) is 11.1 Å². The van der Waals surface area contributed by atoms with Gasteiger partial charge in [0, 0.05) is 21.8 Å². The maximum Gasteiger partial charge on any atom is 0.242 e. The molecule has 1 aromatic heterocycles. The SMILES string of the molecule is CC(=O)c1cccc(NC(=O)[C@@H](Sc2nnc(-c3ccc(Cl)cc3)n2N)c2ccccc2)c1. The molecule has 0 radical (unpaired) electrons. The van der Waals surface area contributed by atoms with Gasteiger partial charge in [0.2, 0.25) is 11.1 Å². The van der Waals surface area contributed by atoms with E-state index in [2.05, 4.69) is 15.5 Å². The summed E-state index contributed by atoms with van der Waals surface area (Å²) in [5, 5.41) is 11.6. The van der Waals surface area contributed by atoms with Crippen LogP contribution in [0.2, 0.25) is 5.02 Å². The van der Waals surface area contributed by atoms with Crippen LogP contribution in [-0.4, -0.2) is 26.6 Å². The number of benzene rings is 3. The predicted octanol–water partition coefficient (Wildman–Crippen LogP) is 4.99. The summed E-state index contributed by atoms with van der Waals surface area (Å²) in [5.41, 5.74) is 2.58. The minimum atomic E-state index is -0.656. The van der Waals surface area contributed by atoms with Crippen LogP contribution in [-0.2, 0) is 4.79 Å². The van der Waals surface area contributed by atoms with Crippen LogP contribution in [0.3, 0.4) is 0 Å². The normalized spacial score (nSPS) is 11.7. The van der Waals surface area contributed by atoms with E-state index >= 15 is 0 Å². The lowest BCUT2D eigenvalue weighted by Crippen LogP contribution is -2.20. The van der Waals surface area contributed by atoms with E-state index in [1.165, 1.54) is 23.4 Å². The van der Waals surface area contributed by atoms with E-state index in [0.29, 0.717) is 27.3 Å². The van der Waals surface area contributed by atoms with Crippen LogP contribution >= 0.6 is 23.4 Å². The molecule has 0 saturated carbocycles. The average Bonchev–Trinajstić information content (AvgIpc) is 3.18. The summed E-state index contributed by atoms with van der Waals surface area (Å²) in [6.45, 7) is 1.48. The molecule has 0 bridgehead atoms. The second kappa shape index (κ2) is 9.89. The highest BCUT2D eigenvalue weighted by atomic mass is 35.5. The number of nitrogens with one attached hydrogen (secondary N) is 1. The Hall–Kier alpha value is -3.62. The van der Waals surface area contributed by atoms with Crippen LogP contribution in [0, 0.1) is 0 Å². The number of halogens is 1. The van der Waals surface area contributed by atoms with Crippen LogP contribution in [0.25, 0.3) is 11.4 Å². The van der Waals surface area contributed by atoms with E-state index in [9.17, 15) is 9.59 Å². The van der Waals surface area contributed by atoms with Gasteiger partial charge in [-0.05, 0) is 48.9 Å². The number of nitrogens with two attached hydrogens (primary N) is 1. The van der Waals surface area contributed by atoms with Crippen LogP contribution in [0.1, 0.15) is 28.1 Å². The number of nitrogen functional groups attached to an aromatic ring is 1. The number of thioether (sulfide) groups is 1. The molecule has 0 aliphatic heterocycles. The zero-order chi connectivity index (χ0) is 23.4. The smallest absolute Gasteiger partial charge is 0.242 e. The third kappa shape index (κ3) is 5.24. The fourth-order valence-electron chi connectivity index (χ4n) is 3.18. The van der Waals surface area contributed by atoms with Gasteiger partial charge in [0.05, 0.1) is 0 Å². The molecule has 0 spiro atoms. The topological polar surface area (TPSA) is 103 Å². The monoisotopic (exact) mass is 477 g/mol. The number of anilines is 1. The van der Waals surface area contributed by atoms with E-state index in [1.54, 1.807) is 48.5 Å². The van der Waals surface area contributed by atoms with Crippen LogP contribution in [0.15, 0.2) is 84.0 Å². The predicted molar refractivity (Wildman–Crippen MR) is 131 cm³/mol. The van der Waals surface area contributed by atoms with Gasteiger partial charge in [-0.25, -0.2) is 4.68 Å². The van der Waals surface area contributed by atoms with Crippen molar-refractivity contribution < 1.29 is 9.59 Å². The first-order valence-corrected chi connectivity index (χ1v) is 11.3. The molecule has 4 rings (SSSR count). The second-order valence-electron chi connectivity index (χ2n) is 7.22. The first kappa shape index (κ1) is 22.6. The Kier molecular flexibility index (Phi) is 6.76. The summed E-state index contributed by atoms with van der Waals surface area (Å²) in [6.07, 6.45) is 0. The van der Waals surface area contributed by atoms with Crippen molar-refractivity contribution in [2.75, 3.05) is 11.2 Å². The van der Waals surface area contributed by atoms with E-state index in [-0.39, 0.29) is 11.7 Å². The zero-order valence-electron chi connectivity index (χ0n) is 17.6. The molecule has 0 aliphatic rings. The Morgan fingerprint density at radius 2 is 1.73 bits per heavy atom. The van der Waals surface area contributed by atoms with Crippen molar-refractivity contribution in [1.82, 2.24) is 14.9 Å². The van der Waals surface area contributed by atoms with Crippen LogP contribution in [0.5, 0.6) is 0 Å². The third-order valence-electron chi connectivity index (χ3n) is 4.87. The van der Waals surface area contributed by atoms with Crippen molar-refractivity contribution >= 4 is 40.7 Å². The van der Waals surface area contributed by atoms with Crippen LogP contribution in [0.4, 0.5) is 5.69 Å². The molecule has 0 fully saturated rings. The first-order chi connectivity index (χ1) is 15.9. The van der Waals surface area contributed by atoms with Crippen molar-refractivity contribution in [1.29, 1.82) is 0 Å². The highest BCUT2D eigenvalue weighted by Crippen LogP contribution is 2.36. The Morgan fingerprint density at radius 1 is 1.00 bits per heavy atom. The summed E-state index contributed by atoms with van der Waals surface area (Å²) in [4.78, 5) is 25.0. The second-order valence-corrected chi connectivity index (χ2v) is 8.73. The van der Waals surface area contributed by atoms with Crippen molar-refractivity contribution in [3.8, 4) is 11.4 Å². The van der Waals surface area contributed by atoms with Gasteiger partial charge >= 0.3 is 0 Å². The van der Waals surface area contributed by atoms with Crippen molar-refractivity contribution in [3.05, 3.63) is 95.0 Å². The van der Waals surface area contributed by atoms with Crippen molar-refractivity contribution in [2.45, 2.75) is 17.3 Å². The quantitative estimate of drug-likeness (QED) is 0.221. The number of ketones is 1. The van der Waals surface area contributed by atoms with Crippen molar-refractivity contribution in [3.63, 3.8) is 0 Å². The fraction of sp³-hybridized carbons (Fsp3) is 0.0833. The molecule has 1 atom stereocenters. The molecule has 166 valence electrons. The molecule has 1 heterocycles. The highest BCUT2D eigenvalue weighted by Gasteiger charge is 2.26. The van der Waals surface area contributed by atoms with E-state index in [4.69, 9.17) is 17.4 Å². The maximum absolute atomic E-state index is 13.3. The molecule has 1 amide bonds. The number of amides is 1. The molecule has 3 aromatic carbocycles. The van der Waals surface area contributed by atoms with Gasteiger partial charge in [-0.2, -0.15) is 0 Å². The van der Waals surface area contributed by atoms with Crippen LogP contribution < -0.4 is 11.2 Å². The Balaban J connectivity index is 1.62. The minimum absolute atomic E-state index is 0.0777. The standard InChI is InChI=1S/C24H20ClN5O2S/c1-15(31)18-8-5-9-20(14-18)27-23(32)21(16-6-3-2-4-7-16)33-24-29-28-22(30(24)26)17-10-12-19(25)13-11-17/h2-14,21H,26H2,1H3,(H,27,32)/t21-/m0/s1. The van der Waals surface area contributed by atoms with Crippen molar-refractivity contribution in [2.24, 2.45) is 0 Å². The largest absolute Gasteiger partial charge is 0.335 e. The Morgan fingerprint density at radius 3 is 2.42 bits per heavy atom. The molecule has 0 aliphatic carbocycles. The zero-order valence-corrected chi connectivity index (χ0v) is 19.2. The van der Waals surface area contributed by atoms with Gasteiger partial charge in [-0.15, -0.1) is 10.2 Å². The summed E-state index contributed by atoms with van der Waals surface area (Å²) in [6, 6.07) is 23.2. The number of carbonyl (C=O) groups excluding carboxylic acids is 2. The van der Waals surface area contributed by atoms with Gasteiger partial charge in [-0.1, -0.05) is 65.8 Å². The summed E-state index contributed by atoms with van der Waals surface area (Å²) in [7, 11) is 0. The third-order valence-corrected chi connectivity index (χ3v) is 6.33. The number of hydrogen-bond acceptors (Lipinski definition) is 6. The molecule has 9 heteroatoms. The number of hydrogen-bond donors (Lipinski definition) is 2. The lowest BCUT2D eigenvalue weighted by molar-refractivity contribution is -0.115. The molecular formula is C24H20ClN5O2S.